The Balaban J connectivity index is 1.96. The van der Waals surface area contributed by atoms with Gasteiger partial charge in [-0.25, -0.2) is 10.1 Å². The molecule has 0 bridgehead atoms. The van der Waals surface area contributed by atoms with Crippen molar-refractivity contribution in [2.75, 3.05) is 0 Å². The Morgan fingerprint density at radius 3 is 2.80 bits per heavy atom. The molecular weight excluding hydrogens is 316 g/mol. The molecule has 6 nitrogen and oxygen atoms in total. The van der Waals surface area contributed by atoms with Gasteiger partial charge in [-0.2, -0.15) is 10.2 Å². The number of hydrogen-bond acceptors (Lipinski definition) is 4. The topological polar surface area (TPSA) is 76.3 Å². The standard InChI is InChI=1S/C19H24N4O2/c1-3-12-23-19(25)15-10-6-5-9-14(15)17(22-23)18(24)21-20-16-11-7-4-8-13(16)2/h5-6,9-10,13H,3-4,7-8,11-12H2,1-2H3,(H,21,24)/b20-16-/t13-/m1/s1. The number of carbonyl (C=O) groups excluding carboxylic acids is 1. The minimum absolute atomic E-state index is 0.166. The van der Waals surface area contributed by atoms with Crippen LogP contribution < -0.4 is 11.0 Å². The predicted molar refractivity (Wildman–Crippen MR) is 98.8 cm³/mol. The van der Waals surface area contributed by atoms with Crippen LogP contribution >= 0.6 is 0 Å². The Bertz CT molecular complexity index is 869. The summed E-state index contributed by atoms with van der Waals surface area (Å²) in [6.07, 6.45) is 5.12. The molecule has 25 heavy (non-hydrogen) atoms. The van der Waals surface area contributed by atoms with Crippen LogP contribution in [0.15, 0.2) is 34.2 Å². The fraction of sp³-hybridized carbons (Fsp3) is 0.474. The van der Waals surface area contributed by atoms with Gasteiger partial charge in [0.15, 0.2) is 5.69 Å². The Morgan fingerprint density at radius 1 is 1.32 bits per heavy atom. The first kappa shape index (κ1) is 17.3. The molecule has 1 fully saturated rings. The van der Waals surface area contributed by atoms with Gasteiger partial charge in [0.05, 0.1) is 5.39 Å². The fourth-order valence-corrected chi connectivity index (χ4v) is 3.28. The normalized spacial score (nSPS) is 19.3. The maximum atomic E-state index is 12.7. The molecule has 6 heteroatoms. The van der Waals surface area contributed by atoms with Crippen LogP contribution in [-0.4, -0.2) is 21.4 Å². The molecule has 1 aliphatic carbocycles. The maximum absolute atomic E-state index is 12.7. The molecule has 132 valence electrons. The Hall–Kier alpha value is -2.50. The number of benzene rings is 1. The largest absolute Gasteiger partial charge is 0.292 e. The number of hydrazone groups is 1. The van der Waals surface area contributed by atoms with Gasteiger partial charge in [-0.1, -0.05) is 38.5 Å². The van der Waals surface area contributed by atoms with Crippen LogP contribution in [0.5, 0.6) is 0 Å². The summed E-state index contributed by atoms with van der Waals surface area (Å²) in [4.78, 5) is 25.2. The third-order valence-corrected chi connectivity index (χ3v) is 4.71. The van der Waals surface area contributed by atoms with E-state index in [0.29, 0.717) is 23.2 Å². The highest BCUT2D eigenvalue weighted by molar-refractivity contribution is 6.05. The van der Waals surface area contributed by atoms with E-state index in [4.69, 9.17) is 0 Å². The monoisotopic (exact) mass is 340 g/mol. The molecule has 3 rings (SSSR count). The second-order valence-electron chi connectivity index (χ2n) is 6.61. The first-order valence-corrected chi connectivity index (χ1v) is 8.98. The molecule has 1 aromatic carbocycles. The summed E-state index contributed by atoms with van der Waals surface area (Å²) in [5, 5.41) is 9.70. The lowest BCUT2D eigenvalue weighted by molar-refractivity contribution is 0.0949. The second-order valence-corrected chi connectivity index (χ2v) is 6.61. The van der Waals surface area contributed by atoms with Crippen LogP contribution in [0.4, 0.5) is 0 Å². The van der Waals surface area contributed by atoms with Crippen LogP contribution in [0.25, 0.3) is 10.8 Å². The molecule has 0 saturated heterocycles. The van der Waals surface area contributed by atoms with Crippen molar-refractivity contribution in [3.8, 4) is 0 Å². The van der Waals surface area contributed by atoms with E-state index in [1.54, 1.807) is 24.3 Å². The highest BCUT2D eigenvalue weighted by Gasteiger charge is 2.19. The Morgan fingerprint density at radius 2 is 2.08 bits per heavy atom. The van der Waals surface area contributed by atoms with E-state index in [1.165, 1.54) is 11.1 Å². The summed E-state index contributed by atoms with van der Waals surface area (Å²) in [6.45, 7) is 4.59. The van der Waals surface area contributed by atoms with Gasteiger partial charge in [-0.05, 0) is 37.7 Å². The van der Waals surface area contributed by atoms with Crippen molar-refractivity contribution >= 4 is 22.4 Å². The minimum atomic E-state index is -0.369. The highest BCUT2D eigenvalue weighted by atomic mass is 16.2. The number of fused-ring (bicyclic) bond motifs is 1. The molecule has 1 amide bonds. The average Bonchev–Trinajstić information content (AvgIpc) is 2.63. The summed E-state index contributed by atoms with van der Waals surface area (Å²) in [6, 6.07) is 7.09. The number of nitrogens with one attached hydrogen (secondary N) is 1. The lowest BCUT2D eigenvalue weighted by Crippen LogP contribution is -2.30. The molecule has 1 aliphatic rings. The van der Waals surface area contributed by atoms with E-state index in [1.807, 2.05) is 6.92 Å². The number of amides is 1. The molecule has 1 heterocycles. The molecule has 1 aromatic heterocycles. The van der Waals surface area contributed by atoms with E-state index in [-0.39, 0.29) is 17.2 Å². The number of rotatable bonds is 4. The van der Waals surface area contributed by atoms with Crippen LogP contribution in [0.1, 0.15) is 56.4 Å². The van der Waals surface area contributed by atoms with Crippen molar-refractivity contribution in [3.05, 3.63) is 40.3 Å². The zero-order valence-corrected chi connectivity index (χ0v) is 14.8. The lowest BCUT2D eigenvalue weighted by Gasteiger charge is -2.19. The van der Waals surface area contributed by atoms with Gasteiger partial charge in [0.1, 0.15) is 0 Å². The summed E-state index contributed by atoms with van der Waals surface area (Å²) < 4.78 is 1.37. The van der Waals surface area contributed by atoms with Crippen molar-refractivity contribution in [3.63, 3.8) is 0 Å². The molecule has 1 saturated carbocycles. The van der Waals surface area contributed by atoms with Gasteiger partial charge in [0.2, 0.25) is 0 Å². The van der Waals surface area contributed by atoms with Gasteiger partial charge in [-0.3, -0.25) is 9.59 Å². The van der Waals surface area contributed by atoms with Crippen molar-refractivity contribution in [1.29, 1.82) is 0 Å². The first-order chi connectivity index (χ1) is 12.1. The zero-order chi connectivity index (χ0) is 17.8. The Kier molecular flexibility index (Phi) is 5.26. The number of hydrogen-bond donors (Lipinski definition) is 1. The van der Waals surface area contributed by atoms with Gasteiger partial charge >= 0.3 is 0 Å². The van der Waals surface area contributed by atoms with Crippen molar-refractivity contribution < 1.29 is 4.79 Å². The second kappa shape index (κ2) is 7.59. The number of aryl methyl sites for hydroxylation is 1. The number of nitrogens with zero attached hydrogens (tertiary/aromatic N) is 3. The number of carbonyl (C=O) groups is 1. The molecule has 0 aliphatic heterocycles. The lowest BCUT2D eigenvalue weighted by atomic mass is 9.89. The van der Waals surface area contributed by atoms with Crippen molar-refractivity contribution in [2.45, 2.75) is 52.5 Å². The van der Waals surface area contributed by atoms with E-state index in [2.05, 4.69) is 22.5 Å². The minimum Gasteiger partial charge on any atom is -0.267 e. The van der Waals surface area contributed by atoms with Gasteiger partial charge in [0.25, 0.3) is 11.5 Å². The van der Waals surface area contributed by atoms with Gasteiger partial charge < -0.3 is 0 Å². The van der Waals surface area contributed by atoms with Gasteiger partial charge in [0, 0.05) is 17.6 Å². The quantitative estimate of drug-likeness (QED) is 0.869. The van der Waals surface area contributed by atoms with Crippen LogP contribution in [0.3, 0.4) is 0 Å². The third-order valence-electron chi connectivity index (χ3n) is 4.71. The first-order valence-electron chi connectivity index (χ1n) is 8.98. The SMILES string of the molecule is CCCn1nc(C(=O)N/N=C2/CCCC[C@H]2C)c2ccccc2c1=O. The third kappa shape index (κ3) is 3.62. The fourth-order valence-electron chi connectivity index (χ4n) is 3.28. The predicted octanol–water partition coefficient (Wildman–Crippen LogP) is 3.10. The zero-order valence-electron chi connectivity index (χ0n) is 14.8. The van der Waals surface area contributed by atoms with Crippen LogP contribution in [0.2, 0.25) is 0 Å². The molecule has 1 atom stereocenters. The Labute approximate surface area is 146 Å². The summed E-state index contributed by atoms with van der Waals surface area (Å²) in [7, 11) is 0. The molecule has 1 N–H and O–H groups in total. The van der Waals surface area contributed by atoms with E-state index >= 15 is 0 Å². The smallest absolute Gasteiger partial charge is 0.267 e. The van der Waals surface area contributed by atoms with E-state index in [9.17, 15) is 9.59 Å². The molecule has 0 radical (unpaired) electrons. The average molecular weight is 340 g/mol. The van der Waals surface area contributed by atoms with Crippen molar-refractivity contribution in [1.82, 2.24) is 15.2 Å². The van der Waals surface area contributed by atoms with Crippen molar-refractivity contribution in [2.24, 2.45) is 11.0 Å². The molecule has 0 unspecified atom stereocenters. The molecule has 0 spiro atoms. The van der Waals surface area contributed by atoms with Crippen LogP contribution in [0, 0.1) is 5.92 Å². The van der Waals surface area contributed by atoms with Gasteiger partial charge in [-0.15, -0.1) is 0 Å². The molecule has 2 aromatic rings. The summed E-state index contributed by atoms with van der Waals surface area (Å²) in [5.41, 5.74) is 3.77. The summed E-state index contributed by atoms with van der Waals surface area (Å²) >= 11 is 0. The van der Waals surface area contributed by atoms with E-state index < -0.39 is 0 Å². The maximum Gasteiger partial charge on any atom is 0.292 e. The summed E-state index contributed by atoms with van der Waals surface area (Å²) in [5.74, 6) is 0.0270. The molecular formula is C19H24N4O2. The highest BCUT2D eigenvalue weighted by Crippen LogP contribution is 2.21. The van der Waals surface area contributed by atoms with E-state index in [0.717, 1.165) is 31.4 Å². The number of aromatic nitrogens is 2. The van der Waals surface area contributed by atoms with Crippen LogP contribution in [-0.2, 0) is 6.54 Å².